The Hall–Kier alpha value is -1.85. The summed E-state index contributed by atoms with van der Waals surface area (Å²) in [4.78, 5) is 17.0. The summed E-state index contributed by atoms with van der Waals surface area (Å²) in [5, 5.41) is 0.474. The third-order valence-corrected chi connectivity index (χ3v) is 5.06. The molecule has 4 nitrogen and oxygen atoms in total. The summed E-state index contributed by atoms with van der Waals surface area (Å²) in [6, 6.07) is 4.94. The maximum absolute atomic E-state index is 12.7. The van der Waals surface area contributed by atoms with Gasteiger partial charge < -0.3 is 4.74 Å². The number of hydrogen-bond donors (Lipinski definition) is 0. The number of halogens is 1. The summed E-state index contributed by atoms with van der Waals surface area (Å²) in [6.07, 6.45) is 7.00. The summed E-state index contributed by atoms with van der Waals surface area (Å²) in [7, 11) is 1.52. The van der Waals surface area contributed by atoms with Crippen molar-refractivity contribution in [3.8, 4) is 5.75 Å². The lowest BCUT2D eigenvalue weighted by molar-refractivity contribution is 0.0996. The van der Waals surface area contributed by atoms with Gasteiger partial charge in [0.15, 0.2) is 0 Å². The Bertz CT molecular complexity index is 857. The van der Waals surface area contributed by atoms with E-state index >= 15 is 0 Å². The van der Waals surface area contributed by atoms with Gasteiger partial charge in [-0.2, -0.15) is 4.99 Å². The molecule has 0 fully saturated rings. The highest BCUT2D eigenvalue weighted by atomic mass is 35.5. The van der Waals surface area contributed by atoms with Crippen LogP contribution in [0, 0.1) is 0 Å². The van der Waals surface area contributed by atoms with Crippen LogP contribution >= 0.6 is 23.1 Å². The molecule has 0 radical (unpaired) electrons. The van der Waals surface area contributed by atoms with Gasteiger partial charge in [-0.3, -0.25) is 8.75 Å². The highest BCUT2D eigenvalue weighted by molar-refractivity contribution is 7.04. The molecule has 0 spiro atoms. The molecule has 1 amide bonds. The molecule has 0 atom stereocenters. The van der Waals surface area contributed by atoms with Crippen LogP contribution in [-0.4, -0.2) is 17.0 Å². The van der Waals surface area contributed by atoms with Crippen LogP contribution in [0.2, 0.25) is 5.02 Å². The van der Waals surface area contributed by atoms with E-state index in [1.165, 1.54) is 18.6 Å². The predicted octanol–water partition coefficient (Wildman–Crippen LogP) is 5.13. The first-order chi connectivity index (χ1) is 11.8. The number of methoxy groups -OCH3 is 1. The van der Waals surface area contributed by atoms with Crippen LogP contribution in [-0.2, 0) is 5.54 Å². The van der Waals surface area contributed by atoms with Crippen LogP contribution in [0.25, 0.3) is 6.08 Å². The van der Waals surface area contributed by atoms with Gasteiger partial charge in [-0.25, -0.2) is 0 Å². The fourth-order valence-electron chi connectivity index (χ4n) is 2.13. The molecule has 1 aromatic heterocycles. The second-order valence-electron chi connectivity index (χ2n) is 6.55. The molecule has 25 heavy (non-hydrogen) atoms. The molecular formula is C19H23ClN2O2S. The Morgan fingerprint density at radius 2 is 2.12 bits per heavy atom. The molecule has 2 aromatic rings. The van der Waals surface area contributed by atoms with E-state index < -0.39 is 0 Å². The van der Waals surface area contributed by atoms with Gasteiger partial charge in [0.25, 0.3) is 5.91 Å². The third-order valence-electron chi connectivity index (χ3n) is 3.48. The van der Waals surface area contributed by atoms with E-state index in [4.69, 9.17) is 16.3 Å². The van der Waals surface area contributed by atoms with Crippen molar-refractivity contribution in [1.82, 2.24) is 3.96 Å². The summed E-state index contributed by atoms with van der Waals surface area (Å²) in [6.45, 7) is 8.41. The van der Waals surface area contributed by atoms with Crippen LogP contribution < -0.4 is 9.41 Å². The Labute approximate surface area is 157 Å². The van der Waals surface area contributed by atoms with Crippen molar-refractivity contribution in [2.75, 3.05) is 7.11 Å². The highest BCUT2D eigenvalue weighted by Gasteiger charge is 2.17. The van der Waals surface area contributed by atoms with Crippen molar-refractivity contribution in [2.24, 2.45) is 4.99 Å². The van der Waals surface area contributed by atoms with Gasteiger partial charge in [0.2, 0.25) is 0 Å². The van der Waals surface area contributed by atoms with E-state index in [1.807, 2.05) is 12.3 Å². The monoisotopic (exact) mass is 378 g/mol. The van der Waals surface area contributed by atoms with Crippen LogP contribution in [0.5, 0.6) is 5.75 Å². The van der Waals surface area contributed by atoms with E-state index in [2.05, 4.69) is 42.7 Å². The fraction of sp³-hybridized carbons (Fsp3) is 0.368. The molecule has 0 aliphatic rings. The van der Waals surface area contributed by atoms with Gasteiger partial charge in [-0.1, -0.05) is 30.7 Å². The second kappa shape index (κ2) is 8.02. The summed E-state index contributed by atoms with van der Waals surface area (Å²) >= 11 is 7.48. The van der Waals surface area contributed by atoms with E-state index in [0.717, 1.165) is 12.0 Å². The van der Waals surface area contributed by atoms with Gasteiger partial charge >= 0.3 is 0 Å². The standard InChI is InChI=1S/C19H23ClN2O2S/c1-6-7-8-13-12-22(19(2,3)4)25-18(13)21-17(23)15-11-14(20)9-10-16(15)24-5/h7-12H,6H2,1-5H3. The molecule has 1 aromatic carbocycles. The Kier molecular flexibility index (Phi) is 6.25. The van der Waals surface area contributed by atoms with E-state index in [1.54, 1.807) is 18.2 Å². The lowest BCUT2D eigenvalue weighted by Gasteiger charge is -2.19. The number of hydrogen-bond acceptors (Lipinski definition) is 3. The summed E-state index contributed by atoms with van der Waals surface area (Å²) in [5.41, 5.74) is 1.21. The first-order valence-corrected chi connectivity index (χ1v) is 9.24. The Balaban J connectivity index is 2.56. The van der Waals surface area contributed by atoms with E-state index in [-0.39, 0.29) is 11.4 Å². The number of benzene rings is 1. The maximum atomic E-state index is 12.7. The number of rotatable bonds is 4. The van der Waals surface area contributed by atoms with Crippen LogP contribution in [0.3, 0.4) is 0 Å². The number of nitrogens with zero attached hydrogens (tertiary/aromatic N) is 2. The summed E-state index contributed by atoms with van der Waals surface area (Å²) in [5.74, 6) is 0.0949. The molecule has 0 bridgehead atoms. The van der Waals surface area contributed by atoms with Gasteiger partial charge in [-0.15, -0.1) is 0 Å². The lowest BCUT2D eigenvalue weighted by Crippen LogP contribution is -2.18. The second-order valence-corrected chi connectivity index (χ2v) is 7.95. The van der Waals surface area contributed by atoms with Crippen LogP contribution in [0.15, 0.2) is 35.5 Å². The van der Waals surface area contributed by atoms with Crippen molar-refractivity contribution in [3.05, 3.63) is 51.3 Å². The van der Waals surface area contributed by atoms with Crippen molar-refractivity contribution in [1.29, 1.82) is 0 Å². The number of ether oxygens (including phenoxy) is 1. The predicted molar refractivity (Wildman–Crippen MR) is 105 cm³/mol. The zero-order chi connectivity index (χ0) is 18.6. The number of aromatic nitrogens is 1. The maximum Gasteiger partial charge on any atom is 0.282 e. The highest BCUT2D eigenvalue weighted by Crippen LogP contribution is 2.23. The molecule has 0 aliphatic heterocycles. The van der Waals surface area contributed by atoms with E-state index in [0.29, 0.717) is 21.0 Å². The van der Waals surface area contributed by atoms with Crippen molar-refractivity contribution in [2.45, 2.75) is 39.7 Å². The normalized spacial score (nSPS) is 12.8. The number of carbonyl (C=O) groups excluding carboxylic acids is 1. The number of amides is 1. The lowest BCUT2D eigenvalue weighted by atomic mass is 10.1. The van der Waals surface area contributed by atoms with Gasteiger partial charge in [-0.05, 0) is 56.9 Å². The largest absolute Gasteiger partial charge is 0.496 e. The average Bonchev–Trinajstić information content (AvgIpc) is 2.95. The minimum Gasteiger partial charge on any atom is -0.496 e. The van der Waals surface area contributed by atoms with Crippen molar-refractivity contribution < 1.29 is 9.53 Å². The van der Waals surface area contributed by atoms with Gasteiger partial charge in [0.1, 0.15) is 10.4 Å². The minimum absolute atomic E-state index is 0.0793. The Morgan fingerprint density at radius 3 is 2.72 bits per heavy atom. The zero-order valence-electron chi connectivity index (χ0n) is 15.2. The zero-order valence-corrected chi connectivity index (χ0v) is 16.7. The topological polar surface area (TPSA) is 43.6 Å². The first-order valence-electron chi connectivity index (χ1n) is 8.09. The van der Waals surface area contributed by atoms with Crippen LogP contribution in [0.4, 0.5) is 0 Å². The SMILES string of the molecule is CCC=Cc1cn(C(C)(C)C)sc1=NC(=O)c1cc(Cl)ccc1OC. The third kappa shape index (κ3) is 4.83. The molecule has 0 aliphatic carbocycles. The van der Waals surface area contributed by atoms with Crippen LogP contribution in [0.1, 0.15) is 50.0 Å². The molecular weight excluding hydrogens is 356 g/mol. The smallest absolute Gasteiger partial charge is 0.282 e. The van der Waals surface area contributed by atoms with Gasteiger partial charge in [0, 0.05) is 22.3 Å². The molecule has 2 rings (SSSR count). The van der Waals surface area contributed by atoms with Gasteiger partial charge in [0.05, 0.1) is 12.7 Å². The minimum atomic E-state index is -0.367. The number of allylic oxidation sites excluding steroid dienone is 1. The van der Waals surface area contributed by atoms with Crippen molar-refractivity contribution >= 4 is 35.1 Å². The Morgan fingerprint density at radius 1 is 1.40 bits per heavy atom. The molecule has 0 saturated carbocycles. The summed E-state index contributed by atoms with van der Waals surface area (Å²) < 4.78 is 8.03. The average molecular weight is 379 g/mol. The molecule has 6 heteroatoms. The number of carbonyl (C=O) groups is 1. The molecule has 0 N–H and O–H groups in total. The first kappa shape index (κ1) is 19.5. The molecule has 0 saturated heterocycles. The molecule has 134 valence electrons. The molecule has 1 heterocycles. The fourth-order valence-corrected chi connectivity index (χ4v) is 3.28. The van der Waals surface area contributed by atoms with Crippen molar-refractivity contribution in [3.63, 3.8) is 0 Å². The van der Waals surface area contributed by atoms with E-state index in [9.17, 15) is 4.79 Å². The quantitative estimate of drug-likeness (QED) is 0.740. The molecule has 0 unspecified atom stereocenters.